The predicted molar refractivity (Wildman–Crippen MR) is 120 cm³/mol. The van der Waals surface area contributed by atoms with E-state index in [0.29, 0.717) is 25.2 Å². The summed E-state index contributed by atoms with van der Waals surface area (Å²) < 4.78 is 43.9. The third kappa shape index (κ3) is 5.41. The van der Waals surface area contributed by atoms with Gasteiger partial charge in [-0.15, -0.1) is 0 Å². The summed E-state index contributed by atoms with van der Waals surface area (Å²) in [4.78, 5) is 41.3. The summed E-state index contributed by atoms with van der Waals surface area (Å²) in [7, 11) is 0. The summed E-state index contributed by atoms with van der Waals surface area (Å²) >= 11 is 0. The van der Waals surface area contributed by atoms with Crippen LogP contribution in [0.5, 0.6) is 5.88 Å². The summed E-state index contributed by atoms with van der Waals surface area (Å²) in [5.74, 6) is -0.843. The van der Waals surface area contributed by atoms with Gasteiger partial charge in [-0.05, 0) is 25.5 Å². The van der Waals surface area contributed by atoms with Crippen LogP contribution in [0.2, 0.25) is 0 Å². The number of aliphatic hydroxyl groups is 2. The highest BCUT2D eigenvalue weighted by Gasteiger charge is 2.41. The molecule has 2 aromatic heterocycles. The average Bonchev–Trinajstić information content (AvgIpc) is 3.25. The Balaban J connectivity index is 1.55. The van der Waals surface area contributed by atoms with E-state index in [9.17, 15) is 27.9 Å². The largest absolute Gasteiger partial charge is 0.474 e. The molecule has 15 heteroatoms. The van der Waals surface area contributed by atoms with Gasteiger partial charge in [0.2, 0.25) is 5.88 Å². The normalized spacial score (nSPS) is 18.3. The smallest absolute Gasteiger partial charge is 0.408 e. The van der Waals surface area contributed by atoms with E-state index in [0.717, 1.165) is 6.92 Å². The number of nitrogens with one attached hydrogen (secondary N) is 2. The summed E-state index contributed by atoms with van der Waals surface area (Å²) in [6.07, 6.45) is -2.58. The number of carbonyl (C=O) groups excluding carboxylic acids is 2. The molecule has 3 atom stereocenters. The minimum Gasteiger partial charge on any atom is -0.474 e. The van der Waals surface area contributed by atoms with Crippen molar-refractivity contribution in [3.8, 4) is 5.88 Å². The Labute approximate surface area is 203 Å². The lowest BCUT2D eigenvalue weighted by atomic mass is 10.1. The van der Waals surface area contributed by atoms with Crippen molar-refractivity contribution >= 4 is 29.3 Å². The Bertz CT molecular complexity index is 1140. The van der Waals surface area contributed by atoms with Crippen LogP contribution < -0.4 is 25.2 Å². The number of urea groups is 1. The van der Waals surface area contributed by atoms with Crippen molar-refractivity contribution in [2.45, 2.75) is 37.7 Å². The number of nitrogens with zero attached hydrogens (tertiary/aromatic N) is 5. The van der Waals surface area contributed by atoms with Crippen molar-refractivity contribution in [2.24, 2.45) is 0 Å². The fraction of sp³-hybridized carbons (Fsp3) is 0.476. The van der Waals surface area contributed by atoms with Crippen molar-refractivity contribution < 1.29 is 37.7 Å². The zero-order valence-electron chi connectivity index (χ0n) is 19.1. The number of amides is 3. The Kier molecular flexibility index (Phi) is 7.12. The maximum atomic E-state index is 13.3. The second-order valence-electron chi connectivity index (χ2n) is 8.35. The standard InChI is InChI=1S/C21H24F3N7O5/c1-11(21(22,23)24)26-19(34)14-2-3-15-18(27-14)31(12-4-5-30(15)8-12)20(35)29-16-6-25-7-17(28-16)36-10-13(33)9-32/h2-3,6-7,11-13,32-33H,4-5,8-10H2,1H3,(H,26,34)(H,28,29,35)/t11?,12-,13?/m0/s1. The van der Waals surface area contributed by atoms with Gasteiger partial charge in [-0.2, -0.15) is 18.2 Å². The SMILES string of the molecule is CC(NC(=O)c1ccc2c(n1)N(C(=O)Nc1cncc(OCC(O)CO)n1)[C@H]1CCN2C1)C(F)(F)F. The Morgan fingerprint density at radius 1 is 1.28 bits per heavy atom. The molecule has 4 N–H and O–H groups in total. The number of hydrogen-bond acceptors (Lipinski definition) is 9. The summed E-state index contributed by atoms with van der Waals surface area (Å²) in [6.45, 7) is 1.24. The number of alkyl halides is 3. The van der Waals surface area contributed by atoms with E-state index < -0.39 is 36.9 Å². The van der Waals surface area contributed by atoms with Gasteiger partial charge in [0, 0.05) is 13.1 Å². The molecule has 3 amide bonds. The molecule has 12 nitrogen and oxygen atoms in total. The second kappa shape index (κ2) is 10.1. The van der Waals surface area contributed by atoms with Crippen molar-refractivity contribution in [2.75, 3.05) is 41.4 Å². The highest BCUT2D eigenvalue weighted by atomic mass is 19.4. The zero-order chi connectivity index (χ0) is 26.0. The van der Waals surface area contributed by atoms with Gasteiger partial charge >= 0.3 is 12.2 Å². The second-order valence-corrected chi connectivity index (χ2v) is 8.35. The molecule has 0 aromatic carbocycles. The molecule has 0 spiro atoms. The fourth-order valence-electron chi connectivity index (χ4n) is 3.83. The highest BCUT2D eigenvalue weighted by Crippen LogP contribution is 2.39. The van der Waals surface area contributed by atoms with Gasteiger partial charge in [-0.3, -0.25) is 20.0 Å². The number of halogens is 3. The molecule has 0 aliphatic carbocycles. The summed E-state index contributed by atoms with van der Waals surface area (Å²) in [6, 6.07) is -0.117. The highest BCUT2D eigenvalue weighted by molar-refractivity contribution is 6.05. The molecular formula is C21H24F3N7O5. The number of fused-ring (bicyclic) bond motifs is 4. The number of rotatable bonds is 7. The van der Waals surface area contributed by atoms with Gasteiger partial charge < -0.3 is 25.2 Å². The third-order valence-corrected chi connectivity index (χ3v) is 5.72. The number of hydrogen-bond donors (Lipinski definition) is 4. The lowest BCUT2D eigenvalue weighted by molar-refractivity contribution is -0.149. The minimum absolute atomic E-state index is 0.00209. The Hall–Kier alpha value is -3.72. The maximum absolute atomic E-state index is 13.3. The van der Waals surface area contributed by atoms with E-state index in [1.54, 1.807) is 6.07 Å². The van der Waals surface area contributed by atoms with Crippen molar-refractivity contribution in [3.63, 3.8) is 0 Å². The van der Waals surface area contributed by atoms with E-state index in [2.05, 4.69) is 20.3 Å². The molecule has 0 radical (unpaired) electrons. The topological polar surface area (TPSA) is 153 Å². The maximum Gasteiger partial charge on any atom is 0.408 e. The van der Waals surface area contributed by atoms with Crippen LogP contribution in [0.15, 0.2) is 24.5 Å². The number of anilines is 3. The first-order valence-corrected chi connectivity index (χ1v) is 11.0. The lowest BCUT2D eigenvalue weighted by Crippen LogP contribution is -2.49. The van der Waals surface area contributed by atoms with E-state index in [1.807, 2.05) is 10.2 Å². The number of carbonyl (C=O) groups is 2. The fourth-order valence-corrected chi connectivity index (χ4v) is 3.83. The summed E-state index contributed by atoms with van der Waals surface area (Å²) in [5.41, 5.74) is 0.309. The Morgan fingerprint density at radius 3 is 2.78 bits per heavy atom. The van der Waals surface area contributed by atoms with Crippen LogP contribution in [0.25, 0.3) is 0 Å². The van der Waals surface area contributed by atoms with Crippen LogP contribution in [0.3, 0.4) is 0 Å². The van der Waals surface area contributed by atoms with E-state index in [4.69, 9.17) is 9.84 Å². The molecule has 1 fully saturated rings. The van der Waals surface area contributed by atoms with Gasteiger partial charge in [-0.25, -0.2) is 9.78 Å². The van der Waals surface area contributed by atoms with Crippen LogP contribution >= 0.6 is 0 Å². The van der Waals surface area contributed by atoms with Crippen LogP contribution in [-0.4, -0.2) is 87.8 Å². The predicted octanol–water partition coefficient (Wildman–Crippen LogP) is 0.915. The van der Waals surface area contributed by atoms with E-state index in [1.165, 1.54) is 23.4 Å². The number of ether oxygens (including phenoxy) is 1. The molecule has 2 bridgehead atoms. The van der Waals surface area contributed by atoms with E-state index in [-0.39, 0.29) is 35.9 Å². The molecule has 194 valence electrons. The monoisotopic (exact) mass is 511 g/mol. The van der Waals surface area contributed by atoms with Crippen molar-refractivity contribution in [1.29, 1.82) is 0 Å². The Morgan fingerprint density at radius 2 is 2.06 bits per heavy atom. The number of aliphatic hydroxyl groups excluding tert-OH is 2. The third-order valence-electron chi connectivity index (χ3n) is 5.72. The van der Waals surface area contributed by atoms with Crippen LogP contribution in [0.1, 0.15) is 23.8 Å². The van der Waals surface area contributed by atoms with Crippen molar-refractivity contribution in [3.05, 3.63) is 30.2 Å². The van der Waals surface area contributed by atoms with Gasteiger partial charge in [0.25, 0.3) is 5.91 Å². The quantitative estimate of drug-likeness (QED) is 0.425. The molecule has 4 rings (SSSR count). The molecule has 2 aliphatic rings. The molecule has 2 unspecified atom stereocenters. The van der Waals surface area contributed by atoms with Gasteiger partial charge in [0.1, 0.15) is 24.4 Å². The molecule has 4 heterocycles. The first-order valence-electron chi connectivity index (χ1n) is 11.0. The van der Waals surface area contributed by atoms with Crippen LogP contribution in [0, 0.1) is 0 Å². The lowest BCUT2D eigenvalue weighted by Gasteiger charge is -2.35. The average molecular weight is 511 g/mol. The van der Waals surface area contributed by atoms with Gasteiger partial charge in [0.15, 0.2) is 11.6 Å². The first kappa shape index (κ1) is 25.4. The first-order chi connectivity index (χ1) is 17.1. The van der Waals surface area contributed by atoms with Crippen LogP contribution in [0.4, 0.5) is 35.3 Å². The van der Waals surface area contributed by atoms with E-state index >= 15 is 0 Å². The summed E-state index contributed by atoms with van der Waals surface area (Å²) in [5, 5.41) is 22.8. The van der Waals surface area contributed by atoms with Gasteiger partial charge in [0.05, 0.1) is 30.7 Å². The number of pyridine rings is 1. The minimum atomic E-state index is -4.62. The number of aromatic nitrogens is 3. The molecule has 36 heavy (non-hydrogen) atoms. The molecular weight excluding hydrogens is 487 g/mol. The molecule has 1 saturated heterocycles. The van der Waals surface area contributed by atoms with Crippen molar-refractivity contribution in [1.82, 2.24) is 20.3 Å². The molecule has 0 saturated carbocycles. The molecule has 2 aliphatic heterocycles. The zero-order valence-corrected chi connectivity index (χ0v) is 19.1. The van der Waals surface area contributed by atoms with Crippen LogP contribution in [-0.2, 0) is 0 Å². The van der Waals surface area contributed by atoms with Gasteiger partial charge in [-0.1, -0.05) is 0 Å². The molecule has 2 aromatic rings.